The smallest absolute Gasteiger partial charge is 0.274 e. The van der Waals surface area contributed by atoms with Crippen LogP contribution in [0.4, 0.5) is 11.4 Å². The van der Waals surface area contributed by atoms with Crippen LogP contribution in [0.25, 0.3) is 0 Å². The van der Waals surface area contributed by atoms with E-state index in [0.717, 1.165) is 44.5 Å². The first-order valence-corrected chi connectivity index (χ1v) is 10.6. The van der Waals surface area contributed by atoms with Crippen molar-refractivity contribution in [1.29, 1.82) is 0 Å². The Morgan fingerprint density at radius 3 is 2.17 bits per heavy atom. The van der Waals surface area contributed by atoms with Gasteiger partial charge in [0, 0.05) is 30.5 Å². The van der Waals surface area contributed by atoms with Gasteiger partial charge in [0.05, 0.1) is 0 Å². The average Bonchev–Trinajstić information content (AvgIpc) is 3.30. The fourth-order valence-electron chi connectivity index (χ4n) is 4.12. The van der Waals surface area contributed by atoms with Gasteiger partial charge in [-0.25, -0.2) is 4.98 Å². The van der Waals surface area contributed by atoms with Crippen molar-refractivity contribution in [3.63, 3.8) is 0 Å². The first-order chi connectivity index (χ1) is 14.2. The quantitative estimate of drug-likeness (QED) is 0.807. The molecule has 1 aromatic carbocycles. The number of rotatable bonds is 5. The van der Waals surface area contributed by atoms with Crippen LogP contribution in [0, 0.1) is 0 Å². The number of pyridine rings is 1. The zero-order valence-electron chi connectivity index (χ0n) is 16.7. The summed E-state index contributed by atoms with van der Waals surface area (Å²) in [6, 6.07) is 13.1. The maximum Gasteiger partial charge on any atom is 0.274 e. The number of aromatic nitrogens is 1. The van der Waals surface area contributed by atoms with Gasteiger partial charge < -0.3 is 15.5 Å². The molecule has 6 heteroatoms. The second kappa shape index (κ2) is 9.07. The van der Waals surface area contributed by atoms with Gasteiger partial charge in [0.15, 0.2) is 0 Å². The molecule has 4 rings (SSSR count). The molecule has 1 aliphatic carbocycles. The number of carbonyl (C=O) groups is 2. The Kier molecular flexibility index (Phi) is 6.08. The summed E-state index contributed by atoms with van der Waals surface area (Å²) in [5, 5.41) is 5.92. The summed E-state index contributed by atoms with van der Waals surface area (Å²) in [6.45, 7) is 2.18. The van der Waals surface area contributed by atoms with Gasteiger partial charge in [0.1, 0.15) is 11.4 Å². The van der Waals surface area contributed by atoms with Gasteiger partial charge in [0.25, 0.3) is 11.8 Å². The minimum Gasteiger partial charge on any atom is -0.372 e. The number of hydrogen-bond acceptors (Lipinski definition) is 4. The van der Waals surface area contributed by atoms with Crippen LogP contribution >= 0.6 is 0 Å². The third-order valence-corrected chi connectivity index (χ3v) is 5.75. The summed E-state index contributed by atoms with van der Waals surface area (Å²) >= 11 is 0. The van der Waals surface area contributed by atoms with Crippen LogP contribution in [0.15, 0.2) is 42.5 Å². The van der Waals surface area contributed by atoms with E-state index in [1.54, 1.807) is 18.2 Å². The zero-order valence-corrected chi connectivity index (χ0v) is 16.7. The Balaban J connectivity index is 1.38. The van der Waals surface area contributed by atoms with E-state index in [-0.39, 0.29) is 29.2 Å². The van der Waals surface area contributed by atoms with Gasteiger partial charge in [-0.3, -0.25) is 9.59 Å². The van der Waals surface area contributed by atoms with E-state index in [1.807, 2.05) is 24.3 Å². The minimum absolute atomic E-state index is 0.207. The Morgan fingerprint density at radius 2 is 1.48 bits per heavy atom. The van der Waals surface area contributed by atoms with Crippen molar-refractivity contribution in [2.24, 2.45) is 0 Å². The number of hydrogen-bond donors (Lipinski definition) is 2. The van der Waals surface area contributed by atoms with E-state index < -0.39 is 0 Å². The molecule has 1 saturated heterocycles. The average molecular weight is 393 g/mol. The number of nitrogens with zero attached hydrogens (tertiary/aromatic N) is 2. The molecule has 2 heterocycles. The lowest BCUT2D eigenvalue weighted by Crippen LogP contribution is -2.36. The summed E-state index contributed by atoms with van der Waals surface area (Å²) < 4.78 is 0. The third-order valence-electron chi connectivity index (χ3n) is 5.75. The largest absolute Gasteiger partial charge is 0.372 e. The van der Waals surface area contributed by atoms with Gasteiger partial charge in [0.2, 0.25) is 0 Å². The summed E-state index contributed by atoms with van der Waals surface area (Å²) in [4.78, 5) is 31.7. The van der Waals surface area contributed by atoms with Crippen molar-refractivity contribution in [3.8, 4) is 0 Å². The van der Waals surface area contributed by atoms with Gasteiger partial charge >= 0.3 is 0 Å². The summed E-state index contributed by atoms with van der Waals surface area (Å²) in [7, 11) is 0. The fourth-order valence-corrected chi connectivity index (χ4v) is 4.12. The molecule has 6 nitrogen and oxygen atoms in total. The van der Waals surface area contributed by atoms with Crippen LogP contribution in [-0.2, 0) is 0 Å². The minimum atomic E-state index is -0.314. The van der Waals surface area contributed by atoms with E-state index in [9.17, 15) is 9.59 Å². The van der Waals surface area contributed by atoms with Crippen molar-refractivity contribution in [2.75, 3.05) is 23.3 Å². The number of anilines is 2. The number of nitrogens with one attached hydrogen (secondary N) is 2. The summed E-state index contributed by atoms with van der Waals surface area (Å²) in [5.74, 6) is -0.521. The van der Waals surface area contributed by atoms with Crippen molar-refractivity contribution in [1.82, 2.24) is 10.3 Å². The summed E-state index contributed by atoms with van der Waals surface area (Å²) in [6.07, 6.45) is 8.02. The Hall–Kier alpha value is -2.89. The Bertz CT molecular complexity index is 853. The first kappa shape index (κ1) is 19.4. The monoisotopic (exact) mass is 392 g/mol. The highest BCUT2D eigenvalue weighted by Gasteiger charge is 2.19. The zero-order chi connectivity index (χ0) is 20.1. The lowest BCUT2D eigenvalue weighted by Gasteiger charge is -2.22. The normalized spacial score (nSPS) is 17.2. The third kappa shape index (κ3) is 4.94. The topological polar surface area (TPSA) is 74.3 Å². The lowest BCUT2D eigenvalue weighted by atomic mass is 9.95. The van der Waals surface area contributed by atoms with Crippen LogP contribution < -0.4 is 15.5 Å². The number of benzene rings is 1. The maximum absolute atomic E-state index is 12.6. The molecule has 1 saturated carbocycles. The highest BCUT2D eigenvalue weighted by molar-refractivity contribution is 6.04. The first-order valence-electron chi connectivity index (χ1n) is 10.6. The van der Waals surface area contributed by atoms with Gasteiger partial charge in [-0.1, -0.05) is 25.3 Å². The molecule has 2 amide bonds. The second-order valence-corrected chi connectivity index (χ2v) is 7.91. The predicted octanol–water partition coefficient (Wildman–Crippen LogP) is 4.00. The van der Waals surface area contributed by atoms with Crippen LogP contribution in [0.3, 0.4) is 0 Å². The lowest BCUT2D eigenvalue weighted by molar-refractivity contribution is 0.0922. The Morgan fingerprint density at radius 1 is 0.828 bits per heavy atom. The van der Waals surface area contributed by atoms with Crippen LogP contribution in [0.2, 0.25) is 0 Å². The van der Waals surface area contributed by atoms with E-state index in [1.165, 1.54) is 24.9 Å². The van der Waals surface area contributed by atoms with Crippen molar-refractivity contribution >= 4 is 23.2 Å². The SMILES string of the molecule is O=C(Nc1ccc(N2CCCC2)cc1)c1cccc(C(=O)NC2CCCCC2)n1. The molecule has 0 unspecified atom stereocenters. The molecule has 29 heavy (non-hydrogen) atoms. The maximum atomic E-state index is 12.6. The highest BCUT2D eigenvalue weighted by Crippen LogP contribution is 2.22. The molecular weight excluding hydrogens is 364 g/mol. The second-order valence-electron chi connectivity index (χ2n) is 7.91. The van der Waals surface area contributed by atoms with Crippen LogP contribution in [0.5, 0.6) is 0 Å². The number of carbonyl (C=O) groups excluding carboxylic acids is 2. The predicted molar refractivity (Wildman–Crippen MR) is 114 cm³/mol. The molecule has 2 fully saturated rings. The fraction of sp³-hybridized carbons (Fsp3) is 0.435. The van der Waals surface area contributed by atoms with Crippen LogP contribution in [-0.4, -0.2) is 35.9 Å². The van der Waals surface area contributed by atoms with E-state index in [2.05, 4.69) is 20.5 Å². The van der Waals surface area contributed by atoms with E-state index >= 15 is 0 Å². The van der Waals surface area contributed by atoms with Gasteiger partial charge in [-0.05, 0) is 62.1 Å². The van der Waals surface area contributed by atoms with Crippen LogP contribution in [0.1, 0.15) is 65.9 Å². The van der Waals surface area contributed by atoms with E-state index in [0.29, 0.717) is 0 Å². The van der Waals surface area contributed by atoms with Crippen molar-refractivity contribution in [3.05, 3.63) is 53.9 Å². The van der Waals surface area contributed by atoms with E-state index in [4.69, 9.17) is 0 Å². The Labute approximate surface area is 171 Å². The molecule has 2 aliphatic rings. The number of amides is 2. The van der Waals surface area contributed by atoms with Gasteiger partial charge in [-0.2, -0.15) is 0 Å². The molecule has 1 aliphatic heterocycles. The van der Waals surface area contributed by atoms with Crippen molar-refractivity contribution < 1.29 is 9.59 Å². The highest BCUT2D eigenvalue weighted by atomic mass is 16.2. The molecule has 0 radical (unpaired) electrons. The molecule has 2 N–H and O–H groups in total. The standard InChI is InChI=1S/C23H28N4O2/c28-22(24-17-7-2-1-3-8-17)20-9-6-10-21(26-20)23(29)25-18-11-13-19(14-12-18)27-15-4-5-16-27/h6,9-14,17H,1-5,7-8,15-16H2,(H,24,28)(H,25,29). The molecule has 2 aromatic rings. The molecule has 0 spiro atoms. The molecular formula is C23H28N4O2. The summed E-state index contributed by atoms with van der Waals surface area (Å²) in [5.41, 5.74) is 2.43. The van der Waals surface area contributed by atoms with Crippen molar-refractivity contribution in [2.45, 2.75) is 51.0 Å². The molecule has 0 bridgehead atoms. The molecule has 0 atom stereocenters. The van der Waals surface area contributed by atoms with Gasteiger partial charge in [-0.15, -0.1) is 0 Å². The molecule has 1 aromatic heterocycles. The molecule has 152 valence electrons.